The Balaban J connectivity index is 1.52. The van der Waals surface area contributed by atoms with E-state index >= 15 is 0 Å². The molecule has 0 aliphatic carbocycles. The maximum atomic E-state index is 12.7. The SMILES string of the molecule is COc1cc(C(=O)NCCCCN2CCCC(C)C2)cc(OC)c1OCc1ccccc1. The lowest BCUT2D eigenvalue weighted by Gasteiger charge is -2.30. The number of carbonyl (C=O) groups is 1. The molecule has 2 aromatic rings. The van der Waals surface area contributed by atoms with E-state index in [1.54, 1.807) is 26.4 Å². The van der Waals surface area contributed by atoms with E-state index in [-0.39, 0.29) is 5.91 Å². The molecule has 0 bridgehead atoms. The molecule has 174 valence electrons. The highest BCUT2D eigenvalue weighted by Gasteiger charge is 2.18. The highest BCUT2D eigenvalue weighted by molar-refractivity contribution is 5.95. The Labute approximate surface area is 191 Å². The van der Waals surface area contributed by atoms with Gasteiger partial charge in [0, 0.05) is 18.7 Å². The van der Waals surface area contributed by atoms with Gasteiger partial charge >= 0.3 is 0 Å². The molecule has 0 saturated carbocycles. The Morgan fingerprint density at radius 1 is 1.09 bits per heavy atom. The van der Waals surface area contributed by atoms with Crippen molar-refractivity contribution in [2.75, 3.05) is 40.4 Å². The molecule has 2 aromatic carbocycles. The van der Waals surface area contributed by atoms with Gasteiger partial charge in [-0.25, -0.2) is 0 Å². The first-order valence-corrected chi connectivity index (χ1v) is 11.5. The van der Waals surface area contributed by atoms with Gasteiger partial charge in [0.05, 0.1) is 14.2 Å². The summed E-state index contributed by atoms with van der Waals surface area (Å²) in [5.41, 5.74) is 1.54. The fourth-order valence-electron chi connectivity index (χ4n) is 4.14. The molecule has 1 amide bonds. The lowest BCUT2D eigenvalue weighted by Crippen LogP contribution is -2.35. The average Bonchev–Trinajstić information content (AvgIpc) is 2.82. The van der Waals surface area contributed by atoms with Gasteiger partial charge in [-0.3, -0.25) is 4.79 Å². The second kappa shape index (κ2) is 12.3. The minimum Gasteiger partial charge on any atom is -0.493 e. The third-order valence-corrected chi connectivity index (χ3v) is 5.88. The average molecular weight is 441 g/mol. The highest BCUT2D eigenvalue weighted by atomic mass is 16.5. The van der Waals surface area contributed by atoms with E-state index in [2.05, 4.69) is 17.1 Å². The van der Waals surface area contributed by atoms with Gasteiger partial charge in [-0.15, -0.1) is 0 Å². The van der Waals surface area contributed by atoms with E-state index in [0.717, 1.165) is 30.9 Å². The van der Waals surface area contributed by atoms with Crippen LogP contribution < -0.4 is 19.5 Å². The normalized spacial score (nSPS) is 16.4. The number of methoxy groups -OCH3 is 2. The van der Waals surface area contributed by atoms with E-state index in [1.165, 1.54) is 25.9 Å². The Bertz CT molecular complexity index is 831. The van der Waals surface area contributed by atoms with E-state index < -0.39 is 0 Å². The topological polar surface area (TPSA) is 60.0 Å². The van der Waals surface area contributed by atoms with Crippen molar-refractivity contribution in [3.63, 3.8) is 0 Å². The summed E-state index contributed by atoms with van der Waals surface area (Å²) in [5.74, 6) is 2.11. The number of hydrogen-bond acceptors (Lipinski definition) is 5. The van der Waals surface area contributed by atoms with Gasteiger partial charge in [0.2, 0.25) is 5.75 Å². The Hall–Kier alpha value is -2.73. The Kier molecular flexibility index (Phi) is 9.23. The molecule has 0 radical (unpaired) electrons. The molecule has 1 aliphatic heterocycles. The van der Waals surface area contributed by atoms with E-state index in [0.29, 0.717) is 36.0 Å². The number of hydrogen-bond donors (Lipinski definition) is 1. The number of ether oxygens (including phenoxy) is 3. The molecule has 0 aromatic heterocycles. The summed E-state index contributed by atoms with van der Waals surface area (Å²) < 4.78 is 17.0. The fourth-order valence-corrected chi connectivity index (χ4v) is 4.14. The first-order valence-electron chi connectivity index (χ1n) is 11.5. The van der Waals surface area contributed by atoms with Crippen molar-refractivity contribution in [2.24, 2.45) is 5.92 Å². The summed E-state index contributed by atoms with van der Waals surface area (Å²) >= 11 is 0. The first kappa shape index (κ1) is 23.9. The quantitative estimate of drug-likeness (QED) is 0.521. The summed E-state index contributed by atoms with van der Waals surface area (Å²) in [6.45, 7) is 6.87. The van der Waals surface area contributed by atoms with Crippen LogP contribution in [0.1, 0.15) is 48.5 Å². The number of rotatable bonds is 11. The van der Waals surface area contributed by atoms with Crippen LogP contribution in [-0.2, 0) is 6.61 Å². The van der Waals surface area contributed by atoms with Crippen molar-refractivity contribution in [1.29, 1.82) is 0 Å². The van der Waals surface area contributed by atoms with Crippen LogP contribution in [0.2, 0.25) is 0 Å². The number of amides is 1. The number of nitrogens with zero attached hydrogens (tertiary/aromatic N) is 1. The van der Waals surface area contributed by atoms with Gasteiger partial charge in [-0.1, -0.05) is 37.3 Å². The van der Waals surface area contributed by atoms with Crippen LogP contribution in [0.25, 0.3) is 0 Å². The summed E-state index contributed by atoms with van der Waals surface area (Å²) in [5, 5.41) is 3.02. The molecular formula is C26H36N2O4. The van der Waals surface area contributed by atoms with Crippen molar-refractivity contribution in [1.82, 2.24) is 10.2 Å². The molecule has 0 spiro atoms. The standard InChI is InChI=1S/C26H36N2O4/c1-20-10-9-15-28(18-20)14-8-7-13-27-26(29)22-16-23(30-2)25(24(17-22)31-3)32-19-21-11-5-4-6-12-21/h4-6,11-12,16-17,20H,7-10,13-15,18-19H2,1-3H3,(H,27,29). The predicted molar refractivity (Wildman–Crippen MR) is 127 cm³/mol. The zero-order valence-electron chi connectivity index (χ0n) is 19.6. The maximum Gasteiger partial charge on any atom is 0.251 e. The molecule has 3 rings (SSSR count). The molecule has 1 saturated heterocycles. The highest BCUT2D eigenvalue weighted by Crippen LogP contribution is 2.39. The van der Waals surface area contributed by atoms with Gasteiger partial charge in [0.15, 0.2) is 11.5 Å². The molecule has 1 aliphatic rings. The Morgan fingerprint density at radius 3 is 2.47 bits per heavy atom. The maximum absolute atomic E-state index is 12.7. The second-order valence-electron chi connectivity index (χ2n) is 8.50. The van der Waals surface area contributed by atoms with Crippen LogP contribution >= 0.6 is 0 Å². The molecule has 1 atom stereocenters. The van der Waals surface area contributed by atoms with Crippen LogP contribution in [0, 0.1) is 5.92 Å². The van der Waals surface area contributed by atoms with Crippen LogP contribution in [0.3, 0.4) is 0 Å². The number of nitrogens with one attached hydrogen (secondary N) is 1. The van der Waals surface area contributed by atoms with Gasteiger partial charge in [0.25, 0.3) is 5.91 Å². The third kappa shape index (κ3) is 6.89. The molecule has 6 nitrogen and oxygen atoms in total. The number of benzene rings is 2. The fraction of sp³-hybridized carbons (Fsp3) is 0.500. The minimum atomic E-state index is -0.136. The largest absolute Gasteiger partial charge is 0.493 e. The lowest BCUT2D eigenvalue weighted by molar-refractivity contribution is 0.0951. The summed E-state index contributed by atoms with van der Waals surface area (Å²) in [7, 11) is 3.13. The second-order valence-corrected chi connectivity index (χ2v) is 8.50. The number of carbonyl (C=O) groups excluding carboxylic acids is 1. The van der Waals surface area contributed by atoms with Crippen LogP contribution in [0.4, 0.5) is 0 Å². The van der Waals surface area contributed by atoms with E-state index in [9.17, 15) is 4.79 Å². The minimum absolute atomic E-state index is 0.136. The predicted octanol–water partition coefficient (Wildman–Crippen LogP) is 4.52. The molecular weight excluding hydrogens is 404 g/mol. The monoisotopic (exact) mass is 440 g/mol. The lowest BCUT2D eigenvalue weighted by atomic mass is 10.0. The van der Waals surface area contributed by atoms with Crippen LogP contribution in [-0.4, -0.2) is 51.2 Å². The van der Waals surface area contributed by atoms with Gasteiger partial charge in [0.1, 0.15) is 6.61 Å². The van der Waals surface area contributed by atoms with Crippen molar-refractivity contribution in [3.8, 4) is 17.2 Å². The molecule has 1 heterocycles. The Morgan fingerprint density at radius 2 is 1.81 bits per heavy atom. The van der Waals surface area contributed by atoms with E-state index in [1.807, 2.05) is 30.3 Å². The summed E-state index contributed by atoms with van der Waals surface area (Å²) in [4.78, 5) is 15.2. The third-order valence-electron chi connectivity index (χ3n) is 5.88. The molecule has 1 unspecified atom stereocenters. The van der Waals surface area contributed by atoms with Crippen molar-refractivity contribution in [3.05, 3.63) is 53.6 Å². The van der Waals surface area contributed by atoms with Crippen molar-refractivity contribution in [2.45, 2.75) is 39.2 Å². The zero-order chi connectivity index (χ0) is 22.8. The molecule has 32 heavy (non-hydrogen) atoms. The van der Waals surface area contributed by atoms with Crippen LogP contribution in [0.5, 0.6) is 17.2 Å². The van der Waals surface area contributed by atoms with Gasteiger partial charge in [-0.05, 0) is 62.4 Å². The van der Waals surface area contributed by atoms with Gasteiger partial charge in [-0.2, -0.15) is 0 Å². The number of likely N-dealkylation sites (tertiary alicyclic amines) is 1. The van der Waals surface area contributed by atoms with Crippen molar-refractivity contribution < 1.29 is 19.0 Å². The first-order chi connectivity index (χ1) is 15.6. The molecule has 1 fully saturated rings. The summed E-state index contributed by atoms with van der Waals surface area (Å²) in [6, 6.07) is 13.3. The van der Waals surface area contributed by atoms with E-state index in [4.69, 9.17) is 14.2 Å². The summed E-state index contributed by atoms with van der Waals surface area (Å²) in [6.07, 6.45) is 4.69. The zero-order valence-corrected chi connectivity index (χ0v) is 19.6. The van der Waals surface area contributed by atoms with Crippen molar-refractivity contribution >= 4 is 5.91 Å². The molecule has 1 N–H and O–H groups in total. The number of unbranched alkanes of at least 4 members (excludes halogenated alkanes) is 1. The van der Waals surface area contributed by atoms with Gasteiger partial charge < -0.3 is 24.4 Å². The smallest absolute Gasteiger partial charge is 0.251 e. The number of piperidine rings is 1. The van der Waals surface area contributed by atoms with Crippen LogP contribution in [0.15, 0.2) is 42.5 Å². The molecule has 6 heteroatoms.